The lowest BCUT2D eigenvalue weighted by atomic mass is 10.1. The predicted octanol–water partition coefficient (Wildman–Crippen LogP) is 7.59. The fraction of sp³-hybridized carbons (Fsp3) is 0.346. The van der Waals surface area contributed by atoms with E-state index in [1.807, 2.05) is 39.5 Å². The summed E-state index contributed by atoms with van der Waals surface area (Å²) in [7, 11) is 2.15. The van der Waals surface area contributed by atoms with Crippen LogP contribution in [0, 0.1) is 0 Å². The number of thioether (sulfide) groups is 1. The Morgan fingerprint density at radius 3 is 2.38 bits per heavy atom. The lowest BCUT2D eigenvalue weighted by Gasteiger charge is -2.13. The van der Waals surface area contributed by atoms with Gasteiger partial charge in [0.1, 0.15) is 0 Å². The average molecular weight is 408 g/mol. The number of hydrogen-bond donors (Lipinski definition) is 0. The molecule has 0 aliphatic carbocycles. The summed E-state index contributed by atoms with van der Waals surface area (Å²) in [6, 6.07) is 19.5. The first kappa shape index (κ1) is 23.0. The van der Waals surface area contributed by atoms with Crippen LogP contribution < -0.4 is 9.88 Å². The lowest BCUT2D eigenvalue weighted by molar-refractivity contribution is -0.357. The second kappa shape index (κ2) is 11.7. The van der Waals surface area contributed by atoms with E-state index < -0.39 is 0 Å². The van der Waals surface area contributed by atoms with Crippen molar-refractivity contribution in [3.63, 3.8) is 0 Å². The molecule has 0 unspecified atom stereocenters. The fourth-order valence-corrected chi connectivity index (χ4v) is 4.42. The Hall–Kier alpha value is -2.26. The van der Waals surface area contributed by atoms with Gasteiger partial charge in [0.05, 0.1) is 16.1 Å². The molecule has 1 aliphatic rings. The van der Waals surface area contributed by atoms with Crippen molar-refractivity contribution in [3.8, 4) is 0 Å². The first-order valence-electron chi connectivity index (χ1n) is 10.9. The number of nitrogens with zero attached hydrogens (tertiary/aromatic N) is 1. The minimum atomic E-state index is 1.10. The number of H-pyrrole nitrogens is 1. The van der Waals surface area contributed by atoms with Gasteiger partial charge in [0.15, 0.2) is 5.69 Å². The van der Waals surface area contributed by atoms with E-state index in [9.17, 15) is 0 Å². The van der Waals surface area contributed by atoms with Crippen LogP contribution in [0.2, 0.25) is 0 Å². The highest BCUT2D eigenvalue weighted by molar-refractivity contribution is 8.03. The molecule has 154 valence electrons. The van der Waals surface area contributed by atoms with Crippen molar-refractivity contribution in [1.29, 1.82) is 0 Å². The van der Waals surface area contributed by atoms with Crippen molar-refractivity contribution in [2.75, 3.05) is 11.9 Å². The number of fused-ring (bicyclic) bond motifs is 2. The van der Waals surface area contributed by atoms with Crippen LogP contribution in [0.1, 0.15) is 58.7 Å². The monoisotopic (exact) mass is 407 g/mol. The third-order valence-electron chi connectivity index (χ3n) is 4.71. The van der Waals surface area contributed by atoms with Crippen LogP contribution in [-0.2, 0) is 6.42 Å². The summed E-state index contributed by atoms with van der Waals surface area (Å²) in [5.41, 5.74) is 5.11. The third-order valence-corrected chi connectivity index (χ3v) is 5.88. The maximum atomic E-state index is 3.61. The Balaban J connectivity index is 0.000000707. The van der Waals surface area contributed by atoms with Crippen LogP contribution in [0.15, 0.2) is 64.5 Å². The molecule has 0 atom stereocenters. The summed E-state index contributed by atoms with van der Waals surface area (Å²) in [4.78, 5) is 7.22. The average Bonchev–Trinajstić information content (AvgIpc) is 3.10. The van der Waals surface area contributed by atoms with E-state index in [1.165, 1.54) is 50.6 Å². The smallest absolute Gasteiger partial charge is 0.211 e. The number of anilines is 1. The van der Waals surface area contributed by atoms with E-state index >= 15 is 0 Å². The van der Waals surface area contributed by atoms with Crippen LogP contribution in [-0.4, -0.2) is 7.05 Å². The summed E-state index contributed by atoms with van der Waals surface area (Å²) in [5.74, 6) is 0. The van der Waals surface area contributed by atoms with Gasteiger partial charge in [-0.15, -0.1) is 0 Å². The number of hydrogen-bond acceptors (Lipinski definition) is 2. The van der Waals surface area contributed by atoms with Crippen LogP contribution in [0.3, 0.4) is 0 Å². The molecule has 0 bridgehead atoms. The lowest BCUT2D eigenvalue weighted by Crippen LogP contribution is -2.13. The minimum Gasteiger partial charge on any atom is -0.338 e. The number of aromatic nitrogens is 1. The number of nitrogens with one attached hydrogen (secondary N) is 1. The quantitative estimate of drug-likeness (QED) is 0.443. The second-order valence-electron chi connectivity index (χ2n) is 6.51. The summed E-state index contributed by atoms with van der Waals surface area (Å²) < 4.78 is 0. The Morgan fingerprint density at radius 1 is 0.966 bits per heavy atom. The maximum absolute atomic E-state index is 3.61. The van der Waals surface area contributed by atoms with Crippen molar-refractivity contribution >= 4 is 34.4 Å². The molecule has 2 nitrogen and oxygen atoms in total. The Bertz CT molecular complexity index is 946. The molecule has 2 aromatic carbocycles. The molecule has 3 heteroatoms. The summed E-state index contributed by atoms with van der Waals surface area (Å²) in [5, 5.41) is 2.55. The molecule has 2 heterocycles. The van der Waals surface area contributed by atoms with Gasteiger partial charge in [-0.05, 0) is 36.3 Å². The van der Waals surface area contributed by atoms with Gasteiger partial charge in [-0.1, -0.05) is 77.1 Å². The number of pyridine rings is 1. The van der Waals surface area contributed by atoms with Crippen molar-refractivity contribution in [1.82, 2.24) is 0 Å². The molecule has 1 aromatic heterocycles. The zero-order valence-electron chi connectivity index (χ0n) is 18.8. The van der Waals surface area contributed by atoms with Gasteiger partial charge in [0.25, 0.3) is 0 Å². The standard InChI is InChI=1S/C22H22N2S.2C2H6/c1-3-4-9-17-14-16(18-10-5-6-11-19(18)23-17)15-22-24(2)20-12-7-8-13-21(20)25-22;2*1-2/h5-8,10-15H,3-4,9H2,1-2H3;2*1-2H3/p+1. The molecular formula is C26H35N2S+. The molecule has 0 amide bonds. The zero-order valence-corrected chi connectivity index (χ0v) is 19.6. The molecule has 0 fully saturated rings. The molecule has 0 spiro atoms. The molecule has 29 heavy (non-hydrogen) atoms. The molecule has 1 aliphatic heterocycles. The third kappa shape index (κ3) is 5.42. The highest BCUT2D eigenvalue weighted by Crippen LogP contribution is 2.45. The van der Waals surface area contributed by atoms with Crippen molar-refractivity contribution < 1.29 is 4.98 Å². The topological polar surface area (TPSA) is 17.4 Å². The largest absolute Gasteiger partial charge is 0.338 e. The Morgan fingerprint density at radius 2 is 1.66 bits per heavy atom. The highest BCUT2D eigenvalue weighted by Gasteiger charge is 2.22. The van der Waals surface area contributed by atoms with Gasteiger partial charge >= 0.3 is 0 Å². The van der Waals surface area contributed by atoms with E-state index in [0.29, 0.717) is 0 Å². The molecule has 0 radical (unpaired) electrons. The van der Waals surface area contributed by atoms with Crippen molar-refractivity contribution in [3.05, 3.63) is 70.9 Å². The van der Waals surface area contributed by atoms with Gasteiger partial charge in [-0.25, -0.2) is 4.98 Å². The number of benzene rings is 2. The van der Waals surface area contributed by atoms with Gasteiger partial charge < -0.3 is 4.90 Å². The number of aryl methyl sites for hydroxylation is 1. The van der Waals surface area contributed by atoms with Crippen LogP contribution in [0.25, 0.3) is 17.0 Å². The van der Waals surface area contributed by atoms with E-state index in [0.717, 1.165) is 6.42 Å². The minimum absolute atomic E-state index is 1.10. The van der Waals surface area contributed by atoms with E-state index in [4.69, 9.17) is 0 Å². The van der Waals surface area contributed by atoms with Gasteiger partial charge in [-0.3, -0.25) is 0 Å². The van der Waals surface area contributed by atoms with Crippen LogP contribution in [0.4, 0.5) is 5.69 Å². The summed E-state index contributed by atoms with van der Waals surface area (Å²) in [6.45, 7) is 10.2. The Kier molecular flexibility index (Phi) is 9.27. The summed E-state index contributed by atoms with van der Waals surface area (Å²) >= 11 is 1.85. The van der Waals surface area contributed by atoms with E-state index in [-0.39, 0.29) is 0 Å². The van der Waals surface area contributed by atoms with Crippen molar-refractivity contribution in [2.45, 2.75) is 58.8 Å². The maximum Gasteiger partial charge on any atom is 0.211 e. The molecule has 4 rings (SSSR count). The van der Waals surface area contributed by atoms with Crippen LogP contribution in [0.5, 0.6) is 0 Å². The molecule has 0 saturated carbocycles. The number of rotatable bonds is 4. The molecular weight excluding hydrogens is 372 g/mol. The first-order valence-corrected chi connectivity index (χ1v) is 11.7. The van der Waals surface area contributed by atoms with E-state index in [1.54, 1.807) is 0 Å². The van der Waals surface area contributed by atoms with Crippen molar-refractivity contribution in [2.24, 2.45) is 0 Å². The number of para-hydroxylation sites is 2. The summed E-state index contributed by atoms with van der Waals surface area (Å²) in [6.07, 6.45) is 5.85. The molecule has 0 saturated heterocycles. The SMILES string of the molecule is CC.CC.CCCCc1cc(C=C2Sc3ccccc3N2C)c2ccccc2[nH+]1. The van der Waals surface area contributed by atoms with E-state index in [2.05, 4.69) is 84.5 Å². The van der Waals surface area contributed by atoms with Gasteiger partial charge in [0, 0.05) is 30.5 Å². The predicted molar refractivity (Wildman–Crippen MR) is 130 cm³/mol. The first-order chi connectivity index (χ1) is 14.3. The number of aromatic amines is 1. The van der Waals surface area contributed by atoms with Gasteiger partial charge in [-0.2, -0.15) is 0 Å². The zero-order chi connectivity index (χ0) is 21.2. The number of unbranched alkanes of at least 4 members (excludes halogenated alkanes) is 1. The highest BCUT2D eigenvalue weighted by atomic mass is 32.2. The van der Waals surface area contributed by atoms with Gasteiger partial charge in [0.2, 0.25) is 5.52 Å². The molecule has 3 aromatic rings. The second-order valence-corrected chi connectivity index (χ2v) is 7.57. The fourth-order valence-electron chi connectivity index (χ4n) is 3.32. The Labute approximate surface area is 181 Å². The molecule has 1 N–H and O–H groups in total. The normalized spacial score (nSPS) is 13.4. The van der Waals surface area contributed by atoms with Crippen LogP contribution >= 0.6 is 11.8 Å².